The Morgan fingerprint density at radius 2 is 2.18 bits per heavy atom. The van der Waals surface area contributed by atoms with Crippen LogP contribution in [0, 0.1) is 13.8 Å². The summed E-state index contributed by atoms with van der Waals surface area (Å²) in [5, 5.41) is 8.70. The summed E-state index contributed by atoms with van der Waals surface area (Å²) in [6.07, 6.45) is 2.89. The van der Waals surface area contributed by atoms with E-state index in [2.05, 4.69) is 23.0 Å². The van der Waals surface area contributed by atoms with Gasteiger partial charge in [-0.15, -0.1) is 0 Å². The van der Waals surface area contributed by atoms with Crippen LogP contribution in [-0.4, -0.2) is 31.8 Å². The molecule has 17 heavy (non-hydrogen) atoms. The SMILES string of the molecule is Cc1cc(C)n2cc(CSCCCO)nc2n1. The van der Waals surface area contributed by atoms with Crippen molar-refractivity contribution < 1.29 is 5.11 Å². The minimum atomic E-state index is 0.262. The number of thioether (sulfide) groups is 1. The maximum absolute atomic E-state index is 8.70. The normalized spacial score (nSPS) is 11.2. The van der Waals surface area contributed by atoms with Crippen molar-refractivity contribution in [1.82, 2.24) is 14.4 Å². The summed E-state index contributed by atoms with van der Waals surface area (Å²) in [5.41, 5.74) is 3.21. The molecule has 0 aromatic carbocycles. The van der Waals surface area contributed by atoms with Gasteiger partial charge in [0.25, 0.3) is 0 Å². The van der Waals surface area contributed by atoms with Crippen molar-refractivity contribution in [3.05, 3.63) is 29.3 Å². The molecule has 4 nitrogen and oxygen atoms in total. The molecular formula is C12H17N3OS. The Bertz CT molecular complexity index is 510. The van der Waals surface area contributed by atoms with Gasteiger partial charge in [-0.1, -0.05) is 0 Å². The van der Waals surface area contributed by atoms with Crippen LogP contribution in [0.2, 0.25) is 0 Å². The number of aryl methyl sites for hydroxylation is 2. The second-order valence-corrected chi connectivity index (χ2v) is 5.18. The van der Waals surface area contributed by atoms with Crippen LogP contribution in [0.5, 0.6) is 0 Å². The van der Waals surface area contributed by atoms with Crippen molar-refractivity contribution in [2.75, 3.05) is 12.4 Å². The van der Waals surface area contributed by atoms with E-state index >= 15 is 0 Å². The summed E-state index contributed by atoms with van der Waals surface area (Å²) < 4.78 is 2.02. The zero-order valence-electron chi connectivity index (χ0n) is 10.2. The summed E-state index contributed by atoms with van der Waals surface area (Å²) in [6, 6.07) is 2.05. The molecule has 92 valence electrons. The highest BCUT2D eigenvalue weighted by atomic mass is 32.2. The number of rotatable bonds is 5. The largest absolute Gasteiger partial charge is 0.396 e. The van der Waals surface area contributed by atoms with Gasteiger partial charge in [0.05, 0.1) is 5.69 Å². The molecule has 0 radical (unpaired) electrons. The molecule has 0 saturated carbocycles. The van der Waals surface area contributed by atoms with Gasteiger partial charge in [0, 0.05) is 29.9 Å². The molecular weight excluding hydrogens is 234 g/mol. The van der Waals surface area contributed by atoms with Crippen molar-refractivity contribution >= 4 is 17.5 Å². The fraction of sp³-hybridized carbons (Fsp3) is 0.500. The Kier molecular flexibility index (Phi) is 4.02. The molecule has 2 heterocycles. The lowest BCUT2D eigenvalue weighted by molar-refractivity contribution is 0.296. The molecule has 0 unspecified atom stereocenters. The van der Waals surface area contributed by atoms with E-state index in [1.165, 1.54) is 0 Å². The molecule has 0 spiro atoms. The van der Waals surface area contributed by atoms with Crippen molar-refractivity contribution in [3.63, 3.8) is 0 Å². The summed E-state index contributed by atoms with van der Waals surface area (Å²) in [7, 11) is 0. The van der Waals surface area contributed by atoms with Gasteiger partial charge >= 0.3 is 0 Å². The lowest BCUT2D eigenvalue weighted by Gasteiger charge is -1.98. The highest BCUT2D eigenvalue weighted by Gasteiger charge is 2.05. The maximum atomic E-state index is 8.70. The first kappa shape index (κ1) is 12.4. The highest BCUT2D eigenvalue weighted by Crippen LogP contribution is 2.14. The maximum Gasteiger partial charge on any atom is 0.234 e. The van der Waals surface area contributed by atoms with Gasteiger partial charge in [0.1, 0.15) is 0 Å². The molecule has 0 aliphatic carbocycles. The van der Waals surface area contributed by atoms with Gasteiger partial charge in [-0.25, -0.2) is 9.97 Å². The summed E-state index contributed by atoms with van der Waals surface area (Å²) in [6.45, 7) is 4.31. The quantitative estimate of drug-likeness (QED) is 0.825. The van der Waals surface area contributed by atoms with E-state index in [1.807, 2.05) is 17.5 Å². The van der Waals surface area contributed by atoms with Gasteiger partial charge < -0.3 is 5.11 Å². The van der Waals surface area contributed by atoms with Crippen LogP contribution < -0.4 is 0 Å². The number of nitrogens with zero attached hydrogens (tertiary/aromatic N) is 3. The monoisotopic (exact) mass is 251 g/mol. The van der Waals surface area contributed by atoms with Gasteiger partial charge in [-0.05, 0) is 32.1 Å². The van der Waals surface area contributed by atoms with E-state index in [9.17, 15) is 0 Å². The molecule has 0 atom stereocenters. The molecule has 0 amide bonds. The number of aromatic nitrogens is 3. The molecule has 0 aliphatic rings. The van der Waals surface area contributed by atoms with Crippen LogP contribution in [0.1, 0.15) is 23.5 Å². The van der Waals surface area contributed by atoms with Crippen LogP contribution in [-0.2, 0) is 5.75 Å². The van der Waals surface area contributed by atoms with Crippen molar-refractivity contribution in [3.8, 4) is 0 Å². The third-order valence-electron chi connectivity index (χ3n) is 2.51. The van der Waals surface area contributed by atoms with Crippen LogP contribution >= 0.6 is 11.8 Å². The number of hydrogen-bond donors (Lipinski definition) is 1. The van der Waals surface area contributed by atoms with Crippen LogP contribution in [0.15, 0.2) is 12.3 Å². The number of aliphatic hydroxyl groups excluding tert-OH is 1. The van der Waals surface area contributed by atoms with Crippen molar-refractivity contribution in [1.29, 1.82) is 0 Å². The third-order valence-corrected chi connectivity index (χ3v) is 3.59. The van der Waals surface area contributed by atoms with Gasteiger partial charge in [0.15, 0.2) is 0 Å². The molecule has 0 fully saturated rings. The lowest BCUT2D eigenvalue weighted by atomic mass is 10.3. The molecule has 0 aliphatic heterocycles. The molecule has 2 rings (SSSR count). The number of imidazole rings is 1. The third kappa shape index (κ3) is 2.98. The van der Waals surface area contributed by atoms with E-state index in [1.54, 1.807) is 11.8 Å². The number of fused-ring (bicyclic) bond motifs is 1. The van der Waals surface area contributed by atoms with Crippen LogP contribution in [0.25, 0.3) is 5.78 Å². The smallest absolute Gasteiger partial charge is 0.234 e. The standard InChI is InChI=1S/C12H17N3OS/c1-9-6-10(2)15-7-11(14-12(15)13-9)8-17-5-3-4-16/h6-7,16H,3-5,8H2,1-2H3. The van der Waals surface area contributed by atoms with E-state index in [-0.39, 0.29) is 6.61 Å². The van der Waals surface area contributed by atoms with Crippen LogP contribution in [0.4, 0.5) is 0 Å². The molecule has 2 aromatic heterocycles. The topological polar surface area (TPSA) is 50.4 Å². The zero-order chi connectivity index (χ0) is 12.3. The van der Waals surface area contributed by atoms with Crippen molar-refractivity contribution in [2.24, 2.45) is 0 Å². The molecule has 0 saturated heterocycles. The van der Waals surface area contributed by atoms with Gasteiger partial charge in [-0.3, -0.25) is 4.40 Å². The lowest BCUT2D eigenvalue weighted by Crippen LogP contribution is -1.94. The second-order valence-electron chi connectivity index (χ2n) is 4.07. The number of hydrogen-bond acceptors (Lipinski definition) is 4. The minimum absolute atomic E-state index is 0.262. The van der Waals surface area contributed by atoms with Crippen LogP contribution in [0.3, 0.4) is 0 Å². The fourth-order valence-corrected chi connectivity index (χ4v) is 2.56. The average molecular weight is 251 g/mol. The fourth-order valence-electron chi connectivity index (χ4n) is 1.73. The average Bonchev–Trinajstić information content (AvgIpc) is 2.67. The zero-order valence-corrected chi connectivity index (χ0v) is 11.0. The predicted octanol–water partition coefficient (Wildman–Crippen LogP) is 1.96. The second kappa shape index (κ2) is 5.51. The Balaban J connectivity index is 2.12. The first-order valence-corrected chi connectivity index (χ1v) is 6.87. The Hall–Kier alpha value is -1.07. The first-order chi connectivity index (χ1) is 8.20. The molecule has 0 bridgehead atoms. The van der Waals surface area contributed by atoms with Gasteiger partial charge in [0.2, 0.25) is 5.78 Å². The summed E-state index contributed by atoms with van der Waals surface area (Å²) >= 11 is 1.79. The van der Waals surface area contributed by atoms with E-state index < -0.39 is 0 Å². The highest BCUT2D eigenvalue weighted by molar-refractivity contribution is 7.98. The Morgan fingerprint density at radius 1 is 1.35 bits per heavy atom. The molecule has 2 aromatic rings. The minimum Gasteiger partial charge on any atom is -0.396 e. The molecule has 5 heteroatoms. The van der Waals surface area contributed by atoms with E-state index in [4.69, 9.17) is 5.11 Å². The van der Waals surface area contributed by atoms with Gasteiger partial charge in [-0.2, -0.15) is 11.8 Å². The number of aliphatic hydroxyl groups is 1. The Morgan fingerprint density at radius 3 is 2.94 bits per heavy atom. The van der Waals surface area contributed by atoms with E-state index in [0.717, 1.165) is 40.8 Å². The van der Waals surface area contributed by atoms with Crippen molar-refractivity contribution in [2.45, 2.75) is 26.0 Å². The Labute approximate surface area is 105 Å². The first-order valence-electron chi connectivity index (χ1n) is 5.71. The summed E-state index contributed by atoms with van der Waals surface area (Å²) in [4.78, 5) is 8.90. The summed E-state index contributed by atoms with van der Waals surface area (Å²) in [5.74, 6) is 2.62. The predicted molar refractivity (Wildman–Crippen MR) is 70.3 cm³/mol. The van der Waals surface area contributed by atoms with E-state index in [0.29, 0.717) is 0 Å². The molecule has 1 N–H and O–H groups in total.